The molecule has 0 heterocycles. The van der Waals surface area contributed by atoms with Crippen LogP contribution in [0.5, 0.6) is 0 Å². The molecule has 0 aromatic carbocycles. The molecule has 0 atom stereocenters. The highest BCUT2D eigenvalue weighted by atomic mass is 16.2. The molecule has 1 fully saturated rings. The summed E-state index contributed by atoms with van der Waals surface area (Å²) in [6.45, 7) is 4.71. The molecule has 0 spiro atoms. The van der Waals surface area contributed by atoms with Gasteiger partial charge < -0.3 is 0 Å². The van der Waals surface area contributed by atoms with Crippen LogP contribution in [0.1, 0.15) is 46.0 Å². The molecule has 1 aliphatic rings. The summed E-state index contributed by atoms with van der Waals surface area (Å²) in [4.78, 5) is 16.2. The minimum atomic E-state index is 0.250. The molecule has 0 radical (unpaired) electrons. The van der Waals surface area contributed by atoms with Crippen molar-refractivity contribution in [2.75, 3.05) is 0 Å². The van der Waals surface area contributed by atoms with Gasteiger partial charge in [-0.25, -0.2) is 0 Å². The van der Waals surface area contributed by atoms with Crippen molar-refractivity contribution in [2.24, 2.45) is 11.8 Å². The van der Waals surface area contributed by atoms with Crippen LogP contribution in [0, 0.1) is 11.8 Å². The summed E-state index contributed by atoms with van der Waals surface area (Å²) in [5.41, 5.74) is 0. The van der Waals surface area contributed by atoms with Gasteiger partial charge in [-0.1, -0.05) is 46.0 Å². The quantitative estimate of drug-likeness (QED) is 0.606. The van der Waals surface area contributed by atoms with Gasteiger partial charge >= 0.3 is 6.15 Å². The Bertz CT molecular complexity index is 129. The molecule has 0 aliphatic heterocycles. The van der Waals surface area contributed by atoms with Crippen molar-refractivity contribution in [3.63, 3.8) is 0 Å². The average Bonchev–Trinajstić information content (AvgIpc) is 2.07. The highest BCUT2D eigenvalue weighted by Crippen LogP contribution is 2.29. The third-order valence-electron chi connectivity index (χ3n) is 2.59. The highest BCUT2D eigenvalue weighted by Gasteiger charge is 2.15. The van der Waals surface area contributed by atoms with E-state index in [1.165, 1.54) is 32.1 Å². The summed E-state index contributed by atoms with van der Waals surface area (Å²) >= 11 is 0. The Morgan fingerprint density at radius 2 is 1.50 bits per heavy atom. The van der Waals surface area contributed by atoms with Crippen molar-refractivity contribution in [2.45, 2.75) is 46.0 Å². The fraction of sp³-hybridized carbons (Fsp3) is 0.900. The summed E-state index contributed by atoms with van der Waals surface area (Å²) in [5, 5.41) is 0. The molecule has 0 aromatic heterocycles. The first kappa shape index (κ1) is 11.4. The first-order chi connectivity index (χ1) is 5.72. The maximum absolute atomic E-state index is 8.12. The Morgan fingerprint density at radius 1 is 1.08 bits per heavy atom. The van der Waals surface area contributed by atoms with Gasteiger partial charge in [0, 0.05) is 0 Å². The van der Waals surface area contributed by atoms with Crippen LogP contribution in [0.15, 0.2) is 0 Å². The molecule has 70 valence electrons. The Morgan fingerprint density at radius 3 is 1.75 bits per heavy atom. The lowest BCUT2D eigenvalue weighted by molar-refractivity contribution is -0.191. The van der Waals surface area contributed by atoms with E-state index in [1.54, 1.807) is 0 Å². The zero-order valence-electron chi connectivity index (χ0n) is 8.01. The third kappa shape index (κ3) is 5.09. The average molecular weight is 170 g/mol. The van der Waals surface area contributed by atoms with Crippen LogP contribution in [0.4, 0.5) is 0 Å². The van der Waals surface area contributed by atoms with Gasteiger partial charge in [-0.15, -0.1) is 0 Å². The fourth-order valence-electron chi connectivity index (χ4n) is 1.80. The summed E-state index contributed by atoms with van der Waals surface area (Å²) in [7, 11) is 0. The molecular formula is C10H18O2. The highest BCUT2D eigenvalue weighted by molar-refractivity contribution is 5.20. The lowest BCUT2D eigenvalue weighted by Gasteiger charge is -2.24. The normalized spacial score (nSPS) is 17.9. The lowest BCUT2D eigenvalue weighted by atomic mass is 9.82. The Labute approximate surface area is 74.3 Å². The number of rotatable bonds is 1. The van der Waals surface area contributed by atoms with Crippen molar-refractivity contribution in [3.8, 4) is 0 Å². The van der Waals surface area contributed by atoms with Gasteiger partial charge in [0.25, 0.3) is 0 Å². The van der Waals surface area contributed by atoms with Crippen molar-refractivity contribution in [3.05, 3.63) is 0 Å². The van der Waals surface area contributed by atoms with Crippen molar-refractivity contribution < 1.29 is 9.59 Å². The summed E-state index contributed by atoms with van der Waals surface area (Å²) in [6, 6.07) is 0. The molecule has 1 aliphatic carbocycles. The van der Waals surface area contributed by atoms with Crippen LogP contribution in [0.3, 0.4) is 0 Å². The van der Waals surface area contributed by atoms with E-state index in [0.717, 1.165) is 11.8 Å². The molecule has 2 heteroatoms. The van der Waals surface area contributed by atoms with Crippen LogP contribution in [-0.2, 0) is 9.59 Å². The Kier molecular flexibility index (Phi) is 6.69. The molecule has 0 N–H and O–H groups in total. The summed E-state index contributed by atoms with van der Waals surface area (Å²) in [5.74, 6) is 1.99. The molecule has 1 saturated carbocycles. The molecule has 0 bridgehead atoms. The van der Waals surface area contributed by atoms with Crippen molar-refractivity contribution in [1.82, 2.24) is 0 Å². The van der Waals surface area contributed by atoms with Gasteiger partial charge in [-0.3, -0.25) is 0 Å². The minimum absolute atomic E-state index is 0.250. The largest absolute Gasteiger partial charge is 0.373 e. The molecule has 0 saturated heterocycles. The second-order valence-corrected chi connectivity index (χ2v) is 3.73. The smallest absolute Gasteiger partial charge is 0.186 e. The molecule has 1 rings (SSSR count). The van der Waals surface area contributed by atoms with Crippen LogP contribution < -0.4 is 0 Å². The fourth-order valence-corrected chi connectivity index (χ4v) is 1.80. The zero-order valence-corrected chi connectivity index (χ0v) is 8.01. The van der Waals surface area contributed by atoms with E-state index in [-0.39, 0.29) is 6.15 Å². The second-order valence-electron chi connectivity index (χ2n) is 3.73. The Balaban J connectivity index is 0.000000354. The maximum Gasteiger partial charge on any atom is 0.373 e. The topological polar surface area (TPSA) is 34.1 Å². The van der Waals surface area contributed by atoms with E-state index in [9.17, 15) is 0 Å². The van der Waals surface area contributed by atoms with Gasteiger partial charge in [-0.2, -0.15) is 9.59 Å². The summed E-state index contributed by atoms with van der Waals surface area (Å²) < 4.78 is 0. The molecule has 0 amide bonds. The van der Waals surface area contributed by atoms with Gasteiger partial charge in [-0.05, 0) is 11.8 Å². The van der Waals surface area contributed by atoms with Gasteiger partial charge in [0.2, 0.25) is 0 Å². The van der Waals surface area contributed by atoms with E-state index >= 15 is 0 Å². The zero-order chi connectivity index (χ0) is 9.40. The van der Waals surface area contributed by atoms with Crippen LogP contribution in [0.2, 0.25) is 0 Å². The minimum Gasteiger partial charge on any atom is -0.186 e. The second kappa shape index (κ2) is 7.05. The van der Waals surface area contributed by atoms with E-state index < -0.39 is 0 Å². The molecule has 2 nitrogen and oxygen atoms in total. The van der Waals surface area contributed by atoms with Crippen LogP contribution in [-0.4, -0.2) is 6.15 Å². The molecule has 0 aromatic rings. The van der Waals surface area contributed by atoms with Gasteiger partial charge in [0.05, 0.1) is 0 Å². The van der Waals surface area contributed by atoms with E-state index in [0.29, 0.717) is 0 Å². The van der Waals surface area contributed by atoms with Crippen LogP contribution >= 0.6 is 0 Å². The van der Waals surface area contributed by atoms with E-state index in [2.05, 4.69) is 13.8 Å². The van der Waals surface area contributed by atoms with Gasteiger partial charge in [0.15, 0.2) is 0 Å². The first-order valence-corrected chi connectivity index (χ1v) is 4.71. The molecular weight excluding hydrogens is 152 g/mol. The third-order valence-corrected chi connectivity index (χ3v) is 2.59. The van der Waals surface area contributed by atoms with E-state index in [1.807, 2.05) is 0 Å². The van der Waals surface area contributed by atoms with Crippen LogP contribution in [0.25, 0.3) is 0 Å². The maximum atomic E-state index is 8.12. The van der Waals surface area contributed by atoms with Crippen molar-refractivity contribution >= 4 is 6.15 Å². The van der Waals surface area contributed by atoms with Gasteiger partial charge in [0.1, 0.15) is 0 Å². The monoisotopic (exact) mass is 170 g/mol. The predicted octanol–water partition coefficient (Wildman–Crippen LogP) is 2.64. The molecule has 0 unspecified atom stereocenters. The lowest BCUT2D eigenvalue weighted by Crippen LogP contribution is -2.12. The number of hydrogen-bond acceptors (Lipinski definition) is 2. The van der Waals surface area contributed by atoms with E-state index in [4.69, 9.17) is 9.59 Å². The SMILES string of the molecule is CC(C)C1CCCCC1.O=C=O. The number of carbonyl (C=O) groups excluding carboxylic acids is 2. The Hall–Kier alpha value is -0.620. The predicted molar refractivity (Wildman–Crippen MR) is 46.4 cm³/mol. The standard InChI is InChI=1S/C9H18.CO2/c1-8(2)9-6-4-3-5-7-9;2-1-3/h8-9H,3-7H2,1-2H3;. The van der Waals surface area contributed by atoms with Crippen molar-refractivity contribution in [1.29, 1.82) is 0 Å². The first-order valence-electron chi connectivity index (χ1n) is 4.71. The number of hydrogen-bond donors (Lipinski definition) is 0. The summed E-state index contributed by atoms with van der Waals surface area (Å²) in [6.07, 6.45) is 7.71. The molecule has 12 heavy (non-hydrogen) atoms.